The van der Waals surface area contributed by atoms with E-state index in [0.29, 0.717) is 18.9 Å². The van der Waals surface area contributed by atoms with Gasteiger partial charge < -0.3 is 19.2 Å². The van der Waals surface area contributed by atoms with E-state index in [9.17, 15) is 9.59 Å². The van der Waals surface area contributed by atoms with Crippen molar-refractivity contribution in [2.75, 3.05) is 6.61 Å². The Morgan fingerprint density at radius 3 is 2.80 bits per heavy atom. The van der Waals surface area contributed by atoms with Gasteiger partial charge in [0, 0.05) is 5.56 Å². The lowest BCUT2D eigenvalue weighted by Crippen LogP contribution is -2.48. The molecule has 6 nitrogen and oxygen atoms in total. The number of hydrogen-bond acceptors (Lipinski definition) is 5. The van der Waals surface area contributed by atoms with Crippen molar-refractivity contribution in [2.24, 2.45) is 5.92 Å². The molecule has 1 saturated carbocycles. The maximum Gasteiger partial charge on any atom is 0.249 e. The van der Waals surface area contributed by atoms with Gasteiger partial charge in [-0.15, -0.1) is 0 Å². The second-order valence-electron chi connectivity index (χ2n) is 7.14. The number of furan rings is 1. The predicted molar refractivity (Wildman–Crippen MR) is 90.8 cm³/mol. The molecule has 1 aromatic rings. The second-order valence-corrected chi connectivity index (χ2v) is 7.14. The third kappa shape index (κ3) is 4.92. The van der Waals surface area contributed by atoms with Crippen LogP contribution in [-0.4, -0.2) is 36.5 Å². The van der Waals surface area contributed by atoms with E-state index in [0.717, 1.165) is 18.4 Å². The topological polar surface area (TPSA) is 77.8 Å². The number of ether oxygens (including phenoxy) is 2. The Labute approximate surface area is 148 Å². The molecule has 2 heterocycles. The van der Waals surface area contributed by atoms with Crippen molar-refractivity contribution in [3.63, 3.8) is 0 Å². The van der Waals surface area contributed by atoms with Crippen LogP contribution >= 0.6 is 0 Å². The average molecular weight is 349 g/mol. The normalized spacial score (nSPS) is 25.9. The van der Waals surface area contributed by atoms with Gasteiger partial charge in [0.2, 0.25) is 5.91 Å². The molecule has 2 aliphatic rings. The quantitative estimate of drug-likeness (QED) is 0.819. The Hall–Kier alpha value is -1.66. The van der Waals surface area contributed by atoms with E-state index in [1.54, 1.807) is 19.5 Å². The van der Waals surface area contributed by atoms with E-state index in [1.807, 2.05) is 6.07 Å². The molecule has 1 aliphatic carbocycles. The molecule has 0 unspecified atom stereocenters. The highest BCUT2D eigenvalue weighted by atomic mass is 16.5. The fourth-order valence-electron chi connectivity index (χ4n) is 3.65. The molecule has 1 saturated heterocycles. The lowest BCUT2D eigenvalue weighted by molar-refractivity contribution is -0.137. The summed E-state index contributed by atoms with van der Waals surface area (Å²) in [7, 11) is 0. The maximum atomic E-state index is 12.8. The van der Waals surface area contributed by atoms with Gasteiger partial charge in [-0.3, -0.25) is 9.59 Å². The molecule has 0 aromatic carbocycles. The Morgan fingerprint density at radius 1 is 1.36 bits per heavy atom. The SMILES string of the molecule is C[C@H]1OCC(=O)[C@H]1NC(=O)[C@H](CC1CCCCC1)OCc1ccoc1. The first kappa shape index (κ1) is 18.1. The molecule has 6 heteroatoms. The van der Waals surface area contributed by atoms with Crippen molar-refractivity contribution < 1.29 is 23.5 Å². The Kier molecular flexibility index (Phi) is 6.26. The number of amides is 1. The maximum absolute atomic E-state index is 12.8. The molecular formula is C19H27NO5. The molecule has 0 radical (unpaired) electrons. The third-order valence-corrected chi connectivity index (χ3v) is 5.20. The van der Waals surface area contributed by atoms with E-state index in [2.05, 4.69) is 5.32 Å². The van der Waals surface area contributed by atoms with Gasteiger partial charge in [-0.2, -0.15) is 0 Å². The number of nitrogens with one attached hydrogen (secondary N) is 1. The van der Waals surface area contributed by atoms with Crippen LogP contribution in [0.1, 0.15) is 51.0 Å². The van der Waals surface area contributed by atoms with Gasteiger partial charge in [0.15, 0.2) is 5.78 Å². The van der Waals surface area contributed by atoms with Crippen LogP contribution in [-0.2, 0) is 25.7 Å². The van der Waals surface area contributed by atoms with Crippen molar-refractivity contribution in [1.29, 1.82) is 0 Å². The average Bonchev–Trinajstić information content (AvgIpc) is 3.24. The van der Waals surface area contributed by atoms with Crippen LogP contribution in [0, 0.1) is 5.92 Å². The molecule has 138 valence electrons. The zero-order valence-corrected chi connectivity index (χ0v) is 14.7. The van der Waals surface area contributed by atoms with Crippen LogP contribution < -0.4 is 5.32 Å². The number of rotatable bonds is 7. The molecule has 2 fully saturated rings. The van der Waals surface area contributed by atoms with Gasteiger partial charge in [0.1, 0.15) is 18.8 Å². The van der Waals surface area contributed by atoms with E-state index in [4.69, 9.17) is 13.9 Å². The Morgan fingerprint density at radius 2 is 2.16 bits per heavy atom. The fourth-order valence-corrected chi connectivity index (χ4v) is 3.65. The van der Waals surface area contributed by atoms with Gasteiger partial charge in [0.25, 0.3) is 0 Å². The highest BCUT2D eigenvalue weighted by Gasteiger charge is 2.36. The monoisotopic (exact) mass is 349 g/mol. The van der Waals surface area contributed by atoms with E-state index in [-0.39, 0.29) is 24.4 Å². The number of carbonyl (C=O) groups is 2. The molecule has 1 aromatic heterocycles. The molecule has 3 rings (SSSR count). The van der Waals surface area contributed by atoms with Crippen molar-refractivity contribution in [2.45, 2.75) is 70.3 Å². The summed E-state index contributed by atoms with van der Waals surface area (Å²) in [6.07, 6.45) is 9.03. The standard InChI is InChI=1S/C19H27NO5/c1-13-18(16(21)12-24-13)20-19(22)17(9-14-5-3-2-4-6-14)25-11-15-7-8-23-10-15/h7-8,10,13-14,17-18H,2-6,9,11-12H2,1H3,(H,20,22)/t13-,17+,18+/m1/s1. The van der Waals surface area contributed by atoms with Crippen molar-refractivity contribution in [3.05, 3.63) is 24.2 Å². The molecule has 25 heavy (non-hydrogen) atoms. The number of ketones is 1. The molecular weight excluding hydrogens is 322 g/mol. The van der Waals surface area contributed by atoms with Gasteiger partial charge in [-0.1, -0.05) is 32.1 Å². The first-order chi connectivity index (χ1) is 12.1. The van der Waals surface area contributed by atoms with Crippen LogP contribution in [0.15, 0.2) is 23.0 Å². The molecule has 1 aliphatic heterocycles. The summed E-state index contributed by atoms with van der Waals surface area (Å²) in [6, 6.07) is 1.25. The third-order valence-electron chi connectivity index (χ3n) is 5.20. The lowest BCUT2D eigenvalue weighted by Gasteiger charge is -2.27. The van der Waals surface area contributed by atoms with E-state index in [1.165, 1.54) is 19.3 Å². The summed E-state index contributed by atoms with van der Waals surface area (Å²) in [5, 5.41) is 2.84. The first-order valence-electron chi connectivity index (χ1n) is 9.21. The van der Waals surface area contributed by atoms with Crippen molar-refractivity contribution >= 4 is 11.7 Å². The number of carbonyl (C=O) groups excluding carboxylic acids is 2. The zero-order valence-electron chi connectivity index (χ0n) is 14.7. The fraction of sp³-hybridized carbons (Fsp3) is 0.684. The predicted octanol–water partition coefficient (Wildman–Crippen LogP) is 2.61. The Bertz CT molecular complexity index is 564. The summed E-state index contributed by atoms with van der Waals surface area (Å²) in [6.45, 7) is 2.19. The van der Waals surface area contributed by atoms with Crippen molar-refractivity contribution in [1.82, 2.24) is 5.32 Å². The van der Waals surface area contributed by atoms with Crippen LogP contribution in [0.5, 0.6) is 0 Å². The molecule has 1 N–H and O–H groups in total. The summed E-state index contributed by atoms with van der Waals surface area (Å²) in [4.78, 5) is 24.6. The van der Waals surface area contributed by atoms with Crippen LogP contribution in [0.25, 0.3) is 0 Å². The van der Waals surface area contributed by atoms with Crippen LogP contribution in [0.3, 0.4) is 0 Å². The number of hydrogen-bond donors (Lipinski definition) is 1. The smallest absolute Gasteiger partial charge is 0.249 e. The van der Waals surface area contributed by atoms with Gasteiger partial charge in [0.05, 0.1) is 25.2 Å². The van der Waals surface area contributed by atoms with Gasteiger partial charge in [-0.05, 0) is 25.3 Å². The molecule has 0 bridgehead atoms. The minimum absolute atomic E-state index is 0.0648. The second kappa shape index (κ2) is 8.63. The van der Waals surface area contributed by atoms with E-state index >= 15 is 0 Å². The summed E-state index contributed by atoms with van der Waals surface area (Å²) in [5.41, 5.74) is 0.898. The zero-order chi connectivity index (χ0) is 17.6. The molecule has 3 atom stereocenters. The molecule has 0 spiro atoms. The minimum Gasteiger partial charge on any atom is -0.472 e. The highest BCUT2D eigenvalue weighted by Crippen LogP contribution is 2.28. The highest BCUT2D eigenvalue weighted by molar-refractivity contribution is 5.92. The van der Waals surface area contributed by atoms with Crippen molar-refractivity contribution in [3.8, 4) is 0 Å². The number of Topliss-reactive ketones (excluding diaryl/α,β-unsaturated/α-hetero) is 1. The summed E-state index contributed by atoms with van der Waals surface area (Å²) in [5.74, 6) is 0.207. The Balaban J connectivity index is 1.61. The van der Waals surface area contributed by atoms with Gasteiger partial charge in [-0.25, -0.2) is 0 Å². The minimum atomic E-state index is -0.570. The lowest BCUT2D eigenvalue weighted by atomic mass is 9.85. The van der Waals surface area contributed by atoms with Gasteiger partial charge >= 0.3 is 0 Å². The summed E-state index contributed by atoms with van der Waals surface area (Å²) < 4.78 is 16.3. The first-order valence-corrected chi connectivity index (χ1v) is 9.21. The largest absolute Gasteiger partial charge is 0.472 e. The molecule has 1 amide bonds. The van der Waals surface area contributed by atoms with E-state index < -0.39 is 12.1 Å². The van der Waals surface area contributed by atoms with Crippen LogP contribution in [0.2, 0.25) is 0 Å². The van der Waals surface area contributed by atoms with Crippen LogP contribution in [0.4, 0.5) is 0 Å². The summed E-state index contributed by atoms with van der Waals surface area (Å²) >= 11 is 0.